The Hall–Kier alpha value is -0.0900. The summed E-state index contributed by atoms with van der Waals surface area (Å²) in [4.78, 5) is 0. The van der Waals surface area contributed by atoms with Crippen LogP contribution in [0.5, 0.6) is 0 Å². The topological polar surface area (TPSA) is 54.4 Å². The van der Waals surface area contributed by atoms with Gasteiger partial charge in [0.15, 0.2) is 0 Å². The molecule has 1 radical (unpaired) electrons. The number of hydrogen-bond acceptors (Lipinski definition) is 2. The third-order valence-corrected chi connectivity index (χ3v) is 2.29. The van der Waals surface area contributed by atoms with E-state index in [2.05, 4.69) is 6.92 Å². The van der Waals surface area contributed by atoms with Gasteiger partial charge in [-0.3, -0.25) is 4.55 Å². The van der Waals surface area contributed by atoms with Crippen molar-refractivity contribution in [1.82, 2.24) is 0 Å². The molecule has 0 saturated carbocycles. The van der Waals surface area contributed by atoms with Gasteiger partial charge in [0.05, 0.1) is 0 Å². The van der Waals surface area contributed by atoms with E-state index >= 15 is 0 Å². The highest BCUT2D eigenvalue weighted by Gasteiger charge is 2.03. The minimum atomic E-state index is -3.84. The van der Waals surface area contributed by atoms with E-state index in [1.807, 2.05) is 0 Å². The zero-order chi connectivity index (χ0) is 9.45. The third kappa shape index (κ3) is 9.91. The van der Waals surface area contributed by atoms with E-state index in [4.69, 9.17) is 4.55 Å². The van der Waals surface area contributed by atoms with E-state index in [0.717, 1.165) is 25.0 Å². The Morgan fingerprint density at radius 1 is 1.17 bits per heavy atom. The summed E-state index contributed by atoms with van der Waals surface area (Å²) in [6.45, 7) is 2.13. The SMILES string of the molecule is CCCCCCC[CH]S(=O)(=O)O. The second-order valence-electron chi connectivity index (χ2n) is 2.88. The predicted molar refractivity (Wildman–Crippen MR) is 49.2 cm³/mol. The quantitative estimate of drug-likeness (QED) is 0.499. The van der Waals surface area contributed by atoms with Gasteiger partial charge >= 0.3 is 0 Å². The van der Waals surface area contributed by atoms with Crippen molar-refractivity contribution in [2.45, 2.75) is 45.4 Å². The van der Waals surface area contributed by atoms with Gasteiger partial charge in [-0.25, -0.2) is 0 Å². The first-order valence-corrected chi connectivity index (χ1v) is 5.87. The van der Waals surface area contributed by atoms with Gasteiger partial charge in [-0.2, -0.15) is 8.42 Å². The lowest BCUT2D eigenvalue weighted by molar-refractivity contribution is 0.486. The van der Waals surface area contributed by atoms with Gasteiger partial charge in [-0.15, -0.1) is 0 Å². The minimum absolute atomic E-state index is 0.461. The second-order valence-corrected chi connectivity index (χ2v) is 4.25. The molecule has 0 aliphatic heterocycles. The maximum atomic E-state index is 10.2. The summed E-state index contributed by atoms with van der Waals surface area (Å²) >= 11 is 0. The van der Waals surface area contributed by atoms with Crippen molar-refractivity contribution in [2.75, 3.05) is 0 Å². The third-order valence-electron chi connectivity index (χ3n) is 1.64. The molecule has 0 aromatic carbocycles. The Kier molecular flexibility index (Phi) is 6.38. The summed E-state index contributed by atoms with van der Waals surface area (Å²) < 4.78 is 28.8. The molecule has 1 N–H and O–H groups in total. The average molecular weight is 193 g/mol. The summed E-state index contributed by atoms with van der Waals surface area (Å²) in [6, 6.07) is 0. The first-order valence-electron chi connectivity index (χ1n) is 4.37. The van der Waals surface area contributed by atoms with E-state index in [1.54, 1.807) is 0 Å². The zero-order valence-electron chi connectivity index (χ0n) is 7.49. The van der Waals surface area contributed by atoms with Crippen molar-refractivity contribution in [1.29, 1.82) is 0 Å². The van der Waals surface area contributed by atoms with Gasteiger partial charge in [0, 0.05) is 0 Å². The van der Waals surface area contributed by atoms with E-state index in [0.29, 0.717) is 6.42 Å². The van der Waals surface area contributed by atoms with Crippen molar-refractivity contribution >= 4 is 10.1 Å². The lowest BCUT2D eigenvalue weighted by Gasteiger charge is -1.97. The molecule has 0 atom stereocenters. The van der Waals surface area contributed by atoms with Crippen molar-refractivity contribution in [2.24, 2.45) is 0 Å². The molecular weight excluding hydrogens is 176 g/mol. The Bertz CT molecular complexity index is 184. The van der Waals surface area contributed by atoms with E-state index in [9.17, 15) is 8.42 Å². The molecule has 0 saturated heterocycles. The lowest BCUT2D eigenvalue weighted by atomic mass is 10.1. The molecule has 0 spiro atoms. The Balaban J connectivity index is 3.12. The predicted octanol–water partition coefficient (Wildman–Crippen LogP) is 2.40. The van der Waals surface area contributed by atoms with Crippen LogP contribution in [0.4, 0.5) is 0 Å². The van der Waals surface area contributed by atoms with Crippen molar-refractivity contribution < 1.29 is 13.0 Å². The minimum Gasteiger partial charge on any atom is -0.285 e. The van der Waals surface area contributed by atoms with Crippen LogP contribution in [-0.2, 0) is 10.1 Å². The van der Waals surface area contributed by atoms with Crippen molar-refractivity contribution in [3.8, 4) is 0 Å². The summed E-state index contributed by atoms with van der Waals surface area (Å²) in [5.41, 5.74) is 0. The van der Waals surface area contributed by atoms with E-state index in [1.165, 1.54) is 12.8 Å². The fourth-order valence-electron chi connectivity index (χ4n) is 0.980. The van der Waals surface area contributed by atoms with Gasteiger partial charge in [0.25, 0.3) is 10.1 Å². The van der Waals surface area contributed by atoms with Gasteiger partial charge in [0.2, 0.25) is 0 Å². The summed E-state index contributed by atoms with van der Waals surface area (Å²) in [5.74, 6) is 0.971. The van der Waals surface area contributed by atoms with E-state index < -0.39 is 10.1 Å². The van der Waals surface area contributed by atoms with Crippen LogP contribution in [0.3, 0.4) is 0 Å². The molecule has 0 aromatic rings. The first-order chi connectivity index (χ1) is 5.56. The van der Waals surface area contributed by atoms with Crippen LogP contribution in [0.25, 0.3) is 0 Å². The smallest absolute Gasteiger partial charge is 0.269 e. The Labute approximate surface area is 74.9 Å². The van der Waals surface area contributed by atoms with Crippen molar-refractivity contribution in [3.05, 3.63) is 5.75 Å². The Morgan fingerprint density at radius 2 is 1.75 bits per heavy atom. The molecule has 4 heteroatoms. The average Bonchev–Trinajstić information content (AvgIpc) is 1.94. The largest absolute Gasteiger partial charge is 0.285 e. The van der Waals surface area contributed by atoms with Crippen LogP contribution in [0.2, 0.25) is 0 Å². The van der Waals surface area contributed by atoms with Crippen LogP contribution in [0.15, 0.2) is 0 Å². The molecule has 0 aliphatic carbocycles. The normalized spacial score (nSPS) is 11.8. The molecule has 0 rings (SSSR count). The molecule has 0 amide bonds. The second kappa shape index (κ2) is 6.43. The molecular formula is C8H17O3S. The fourth-order valence-corrected chi connectivity index (χ4v) is 1.44. The summed E-state index contributed by atoms with van der Waals surface area (Å²) in [7, 11) is -3.84. The molecule has 0 fully saturated rings. The maximum Gasteiger partial charge on any atom is 0.269 e. The molecule has 0 heterocycles. The van der Waals surface area contributed by atoms with Gasteiger partial charge < -0.3 is 0 Å². The monoisotopic (exact) mass is 193 g/mol. The van der Waals surface area contributed by atoms with Gasteiger partial charge in [-0.05, 0) is 6.42 Å². The summed E-state index contributed by atoms with van der Waals surface area (Å²) in [6.07, 6.45) is 5.88. The van der Waals surface area contributed by atoms with Crippen LogP contribution < -0.4 is 0 Å². The molecule has 0 bridgehead atoms. The van der Waals surface area contributed by atoms with Crippen molar-refractivity contribution in [3.63, 3.8) is 0 Å². The molecule has 3 nitrogen and oxygen atoms in total. The Morgan fingerprint density at radius 3 is 2.25 bits per heavy atom. The molecule has 73 valence electrons. The molecule has 0 unspecified atom stereocenters. The number of hydrogen-bond donors (Lipinski definition) is 1. The highest BCUT2D eigenvalue weighted by molar-refractivity contribution is 7.87. The zero-order valence-corrected chi connectivity index (χ0v) is 8.31. The van der Waals surface area contributed by atoms with Crippen LogP contribution >= 0.6 is 0 Å². The van der Waals surface area contributed by atoms with Crippen LogP contribution in [0.1, 0.15) is 45.4 Å². The van der Waals surface area contributed by atoms with Gasteiger partial charge in [-0.1, -0.05) is 39.0 Å². The molecule has 0 aliphatic rings. The lowest BCUT2D eigenvalue weighted by Crippen LogP contribution is -1.96. The van der Waals surface area contributed by atoms with E-state index in [-0.39, 0.29) is 0 Å². The van der Waals surface area contributed by atoms with Crippen LogP contribution in [0, 0.1) is 5.75 Å². The highest BCUT2D eigenvalue weighted by atomic mass is 32.2. The molecule has 0 aromatic heterocycles. The number of unbranched alkanes of at least 4 members (excludes halogenated alkanes) is 5. The highest BCUT2D eigenvalue weighted by Crippen LogP contribution is 2.07. The maximum absolute atomic E-state index is 10.2. The summed E-state index contributed by atoms with van der Waals surface area (Å²) in [5, 5.41) is 0. The standard InChI is InChI=1S/C8H17O3S/c1-2-3-4-5-6-7-8-12(9,10)11/h8H,2-7H2,1H3,(H,9,10,11). The number of rotatable bonds is 7. The van der Waals surface area contributed by atoms with Crippen LogP contribution in [-0.4, -0.2) is 13.0 Å². The van der Waals surface area contributed by atoms with Gasteiger partial charge in [0.1, 0.15) is 5.75 Å². The molecule has 12 heavy (non-hydrogen) atoms. The first kappa shape index (κ1) is 11.9. The fraction of sp³-hybridized carbons (Fsp3) is 0.875.